The van der Waals surface area contributed by atoms with Crippen molar-refractivity contribution >= 4 is 17.2 Å². The molecule has 5 rings (SSSR count). The molecule has 0 unspecified atom stereocenters. The summed E-state index contributed by atoms with van der Waals surface area (Å²) in [6.07, 6.45) is 5.41. The van der Waals surface area contributed by atoms with E-state index in [4.69, 9.17) is 9.84 Å². The highest BCUT2D eigenvalue weighted by molar-refractivity contribution is 7.09. The third-order valence-electron chi connectivity index (χ3n) is 5.35. The molecular weight excluding hydrogens is 458 g/mol. The number of amides is 1. The van der Waals surface area contributed by atoms with Gasteiger partial charge in [-0.15, -0.1) is 11.3 Å². The lowest BCUT2D eigenvalue weighted by molar-refractivity contribution is 0.0950. The Bertz CT molecular complexity index is 1430. The number of benzene rings is 2. The molecule has 0 saturated carbocycles. The van der Waals surface area contributed by atoms with Gasteiger partial charge in [0.2, 0.25) is 0 Å². The molecule has 0 spiro atoms. The number of rotatable bonds is 8. The Labute approximate surface area is 207 Å². The van der Waals surface area contributed by atoms with Crippen molar-refractivity contribution in [2.75, 3.05) is 0 Å². The van der Waals surface area contributed by atoms with Crippen LogP contribution < -0.4 is 10.1 Å². The third kappa shape index (κ3) is 5.44. The van der Waals surface area contributed by atoms with Crippen LogP contribution in [0.15, 0.2) is 90.7 Å². The maximum absolute atomic E-state index is 13.0. The number of aromatic nitrogens is 4. The molecular formula is C27H23N5O2S. The second-order valence-corrected chi connectivity index (χ2v) is 8.94. The number of pyridine rings is 1. The predicted octanol–water partition coefficient (Wildman–Crippen LogP) is 5.21. The van der Waals surface area contributed by atoms with Gasteiger partial charge in [0.05, 0.1) is 22.1 Å². The largest absolute Gasteiger partial charge is 0.487 e. The molecule has 0 saturated heterocycles. The van der Waals surface area contributed by atoms with Crippen molar-refractivity contribution in [1.82, 2.24) is 25.1 Å². The highest BCUT2D eigenvalue weighted by Crippen LogP contribution is 2.23. The lowest BCUT2D eigenvalue weighted by Crippen LogP contribution is -2.22. The molecule has 0 radical (unpaired) electrons. The molecule has 0 fully saturated rings. The summed E-state index contributed by atoms with van der Waals surface area (Å²) in [5.41, 5.74) is 4.98. The van der Waals surface area contributed by atoms with E-state index in [1.165, 1.54) is 0 Å². The van der Waals surface area contributed by atoms with Gasteiger partial charge >= 0.3 is 0 Å². The standard InChI is InChI=1S/C27H23N5O2S/c1-19-30-23(18-35-19)17-34-25-9-5-6-21(14-25)27(33)29-15-22-16-32(24-7-3-2-4-8-24)31-26(22)20-10-12-28-13-11-20/h2-14,16,18H,15,17H2,1H3,(H,29,33). The zero-order chi connectivity index (χ0) is 24.0. The van der Waals surface area contributed by atoms with Gasteiger partial charge in [0.1, 0.15) is 12.4 Å². The van der Waals surface area contributed by atoms with Crippen molar-refractivity contribution in [3.63, 3.8) is 0 Å². The molecule has 0 aliphatic rings. The molecule has 35 heavy (non-hydrogen) atoms. The number of hydrogen-bond donors (Lipinski definition) is 1. The first-order valence-corrected chi connectivity index (χ1v) is 12.0. The lowest BCUT2D eigenvalue weighted by Gasteiger charge is -2.08. The molecule has 1 amide bonds. The first-order chi connectivity index (χ1) is 17.2. The monoisotopic (exact) mass is 481 g/mol. The molecule has 0 aliphatic heterocycles. The second kappa shape index (κ2) is 10.3. The maximum Gasteiger partial charge on any atom is 0.251 e. The van der Waals surface area contributed by atoms with Crippen LogP contribution in [0.2, 0.25) is 0 Å². The zero-order valence-corrected chi connectivity index (χ0v) is 19.9. The van der Waals surface area contributed by atoms with Crippen LogP contribution in [0.1, 0.15) is 26.6 Å². The molecule has 2 aromatic carbocycles. The number of nitrogens with one attached hydrogen (secondary N) is 1. The summed E-state index contributed by atoms with van der Waals surface area (Å²) in [5, 5.41) is 10.8. The molecule has 1 N–H and O–H groups in total. The van der Waals surface area contributed by atoms with Gasteiger partial charge in [-0.25, -0.2) is 9.67 Å². The fourth-order valence-electron chi connectivity index (χ4n) is 3.64. The number of carbonyl (C=O) groups is 1. The van der Waals surface area contributed by atoms with E-state index >= 15 is 0 Å². The fourth-order valence-corrected chi connectivity index (χ4v) is 4.24. The summed E-state index contributed by atoms with van der Waals surface area (Å²) in [5.74, 6) is 0.436. The number of aryl methyl sites for hydroxylation is 1. The molecule has 0 bridgehead atoms. The molecule has 0 aliphatic carbocycles. The molecule has 174 valence electrons. The van der Waals surface area contributed by atoms with E-state index in [1.54, 1.807) is 35.9 Å². The van der Waals surface area contributed by atoms with Crippen molar-refractivity contribution in [2.24, 2.45) is 0 Å². The lowest BCUT2D eigenvalue weighted by atomic mass is 10.1. The highest BCUT2D eigenvalue weighted by atomic mass is 32.1. The van der Waals surface area contributed by atoms with Crippen molar-refractivity contribution in [3.05, 3.63) is 113 Å². The van der Waals surface area contributed by atoms with Gasteiger partial charge in [0.15, 0.2) is 0 Å². The van der Waals surface area contributed by atoms with E-state index in [0.29, 0.717) is 24.5 Å². The minimum Gasteiger partial charge on any atom is -0.487 e. The van der Waals surface area contributed by atoms with Crippen molar-refractivity contribution < 1.29 is 9.53 Å². The van der Waals surface area contributed by atoms with Crippen LogP contribution in [0.4, 0.5) is 0 Å². The number of thiazole rings is 1. The summed E-state index contributed by atoms with van der Waals surface area (Å²) < 4.78 is 7.66. The third-order valence-corrected chi connectivity index (χ3v) is 6.18. The Morgan fingerprint density at radius 1 is 1.06 bits per heavy atom. The molecule has 3 aromatic heterocycles. The van der Waals surface area contributed by atoms with Gasteiger partial charge in [-0.2, -0.15) is 5.10 Å². The average Bonchev–Trinajstić information content (AvgIpc) is 3.53. The minimum atomic E-state index is -0.187. The van der Waals surface area contributed by atoms with Crippen molar-refractivity contribution in [3.8, 4) is 22.7 Å². The molecule has 8 heteroatoms. The van der Waals surface area contributed by atoms with Crippen molar-refractivity contribution in [2.45, 2.75) is 20.1 Å². The molecule has 0 atom stereocenters. The highest BCUT2D eigenvalue weighted by Gasteiger charge is 2.14. The van der Waals surface area contributed by atoms with Crippen LogP contribution in [-0.4, -0.2) is 25.7 Å². The van der Waals surface area contributed by atoms with Gasteiger partial charge in [-0.3, -0.25) is 9.78 Å². The van der Waals surface area contributed by atoms with E-state index in [1.807, 2.05) is 77.8 Å². The smallest absolute Gasteiger partial charge is 0.251 e. The quantitative estimate of drug-likeness (QED) is 0.329. The Kier molecular flexibility index (Phi) is 6.63. The Morgan fingerprint density at radius 2 is 1.89 bits per heavy atom. The number of hydrogen-bond acceptors (Lipinski definition) is 6. The number of para-hydroxylation sites is 1. The summed E-state index contributed by atoms with van der Waals surface area (Å²) >= 11 is 1.59. The summed E-state index contributed by atoms with van der Waals surface area (Å²) in [7, 11) is 0. The van der Waals surface area contributed by atoms with Crippen LogP contribution >= 0.6 is 11.3 Å². The summed E-state index contributed by atoms with van der Waals surface area (Å²) in [6, 6.07) is 20.9. The number of nitrogens with zero attached hydrogens (tertiary/aromatic N) is 4. The van der Waals surface area contributed by atoms with Crippen LogP contribution in [0.5, 0.6) is 5.75 Å². The van der Waals surface area contributed by atoms with Gasteiger partial charge in [-0.05, 0) is 49.4 Å². The Balaban J connectivity index is 1.31. The summed E-state index contributed by atoms with van der Waals surface area (Å²) in [6.45, 7) is 2.65. The topological polar surface area (TPSA) is 81.9 Å². The van der Waals surface area contributed by atoms with Crippen molar-refractivity contribution in [1.29, 1.82) is 0 Å². The van der Waals surface area contributed by atoms with E-state index in [-0.39, 0.29) is 5.91 Å². The van der Waals surface area contributed by atoms with Crippen LogP contribution in [-0.2, 0) is 13.2 Å². The van der Waals surface area contributed by atoms with Crippen LogP contribution in [0, 0.1) is 6.92 Å². The SMILES string of the molecule is Cc1nc(COc2cccc(C(=O)NCc3cn(-c4ccccc4)nc3-c3ccncc3)c2)cs1. The van der Waals surface area contributed by atoms with E-state index in [0.717, 1.165) is 33.2 Å². The molecule has 7 nitrogen and oxygen atoms in total. The maximum atomic E-state index is 13.0. The van der Waals surface area contributed by atoms with Crippen LogP contribution in [0.25, 0.3) is 16.9 Å². The first kappa shape index (κ1) is 22.5. The summed E-state index contributed by atoms with van der Waals surface area (Å²) in [4.78, 5) is 21.5. The van der Waals surface area contributed by atoms with Gasteiger partial charge in [-0.1, -0.05) is 24.3 Å². The minimum absolute atomic E-state index is 0.187. The zero-order valence-electron chi connectivity index (χ0n) is 19.1. The Morgan fingerprint density at radius 3 is 2.66 bits per heavy atom. The molecule has 5 aromatic rings. The van der Waals surface area contributed by atoms with E-state index in [2.05, 4.69) is 15.3 Å². The van der Waals surface area contributed by atoms with E-state index < -0.39 is 0 Å². The predicted molar refractivity (Wildman–Crippen MR) is 136 cm³/mol. The van der Waals surface area contributed by atoms with Gasteiger partial charge in [0.25, 0.3) is 5.91 Å². The second-order valence-electron chi connectivity index (χ2n) is 7.88. The fraction of sp³-hybridized carbons (Fsp3) is 0.111. The number of ether oxygens (including phenoxy) is 1. The Hall–Kier alpha value is -4.30. The van der Waals surface area contributed by atoms with E-state index in [9.17, 15) is 4.79 Å². The van der Waals surface area contributed by atoms with Gasteiger partial charge in [0, 0.05) is 47.2 Å². The average molecular weight is 482 g/mol. The number of carbonyl (C=O) groups excluding carboxylic acids is 1. The first-order valence-electron chi connectivity index (χ1n) is 11.1. The normalized spacial score (nSPS) is 10.8. The van der Waals surface area contributed by atoms with Crippen LogP contribution in [0.3, 0.4) is 0 Å². The molecule has 3 heterocycles. The van der Waals surface area contributed by atoms with Gasteiger partial charge < -0.3 is 10.1 Å².